The Labute approximate surface area is 34.7 Å². The summed E-state index contributed by atoms with van der Waals surface area (Å²) in [7, 11) is -4.36. The van der Waals surface area contributed by atoms with Crippen molar-refractivity contribution in [3.8, 4) is 5.40 Å². The van der Waals surface area contributed by atoms with Crippen molar-refractivity contribution >= 4 is 10.1 Å². The summed E-state index contributed by atoms with van der Waals surface area (Å²) in [6.45, 7) is 0. The van der Waals surface area contributed by atoms with Gasteiger partial charge >= 0.3 is 0 Å². The van der Waals surface area contributed by atoms with Gasteiger partial charge in [0.1, 0.15) is 0 Å². The van der Waals surface area contributed by atoms with E-state index in [1.807, 2.05) is 0 Å². The van der Waals surface area contributed by atoms with E-state index in [1.165, 1.54) is 0 Å². The first-order chi connectivity index (χ1) is 2.56. The van der Waals surface area contributed by atoms with Crippen LogP contribution in [-0.4, -0.2) is 4.21 Å². The molecule has 6 heavy (non-hydrogen) atoms. The number of hydrogen-bond donors (Lipinski definition) is 1. The van der Waals surface area contributed by atoms with Crippen molar-refractivity contribution in [1.82, 2.24) is 0 Å². The maximum Gasteiger partial charge on any atom is 0.293 e. The Morgan fingerprint density at radius 3 is 2.17 bits per heavy atom. The van der Waals surface area contributed by atoms with Gasteiger partial charge in [-0.2, -0.15) is 5.26 Å². The van der Waals surface area contributed by atoms with Crippen molar-refractivity contribution in [2.45, 2.75) is 0 Å². The highest BCUT2D eigenvalue weighted by atomic mass is 32.3. The molecule has 1 unspecified atom stereocenters. The third kappa shape index (κ3) is 3.37. The first kappa shape index (κ1) is 5.37. The fraction of sp³-hybridized carbons (Fsp3) is 0. The molecule has 0 aliphatic carbocycles. The first-order valence-corrected chi connectivity index (χ1v) is 2.41. The van der Waals surface area contributed by atoms with Crippen LogP contribution in [0.3, 0.4) is 0 Å². The molecule has 0 bridgehead atoms. The van der Waals surface area contributed by atoms with Crippen LogP contribution in [0.15, 0.2) is 0 Å². The second-order valence-corrected chi connectivity index (χ2v) is 1.73. The van der Waals surface area contributed by atoms with Crippen LogP contribution in [0.2, 0.25) is 0 Å². The first-order valence-electron chi connectivity index (χ1n) is 0.953. The zero-order valence-electron chi connectivity index (χ0n) is 2.64. The molecule has 0 aromatic rings. The van der Waals surface area contributed by atoms with E-state index in [4.69, 9.17) is 10.0 Å². The molecule has 5 heteroatoms. The van der Waals surface area contributed by atoms with Crippen LogP contribution in [0.4, 0.5) is 3.89 Å². The summed E-state index contributed by atoms with van der Waals surface area (Å²) in [5, 5.41) is 7.95. The molecule has 0 radical (unpaired) electrons. The van der Waals surface area contributed by atoms with E-state index in [-0.39, 0.29) is 0 Å². The predicted molar refractivity (Wildman–Crippen MR) is 17.6 cm³/mol. The molecule has 0 saturated carbocycles. The van der Waals surface area contributed by atoms with Gasteiger partial charge in [-0.15, -0.1) is 3.89 Å². The maximum absolute atomic E-state index is 11.0. The zero-order valence-corrected chi connectivity index (χ0v) is 3.46. The summed E-state index contributed by atoms with van der Waals surface area (Å²) in [5.74, 6) is 0. The van der Waals surface area contributed by atoms with Crippen molar-refractivity contribution < 1.29 is 8.09 Å². The van der Waals surface area contributed by atoms with E-state index in [1.54, 1.807) is 0 Å². The Hall–Kier alpha value is -0.630. The molecule has 0 aromatic heterocycles. The van der Waals surface area contributed by atoms with E-state index >= 15 is 0 Å². The molecule has 0 amide bonds. The molecule has 0 aromatic carbocycles. The Bertz CT molecular complexity index is 162. The van der Waals surface area contributed by atoms with Crippen molar-refractivity contribution in [2.24, 2.45) is 0 Å². The quantitative estimate of drug-likeness (QED) is 0.360. The molecular formula is CHFN2OS. The molecule has 1 N–H and O–H groups in total. The molecular weight excluding hydrogens is 107 g/mol. The van der Waals surface area contributed by atoms with Crippen LogP contribution < -0.4 is 0 Å². The molecule has 0 spiro atoms. The van der Waals surface area contributed by atoms with Gasteiger partial charge in [-0.05, 0) is 0 Å². The van der Waals surface area contributed by atoms with E-state index in [0.717, 1.165) is 0 Å². The molecule has 3 nitrogen and oxygen atoms in total. The van der Waals surface area contributed by atoms with Crippen molar-refractivity contribution in [3.05, 3.63) is 0 Å². The summed E-state index contributed by atoms with van der Waals surface area (Å²) in [6, 6.07) is 0. The van der Waals surface area contributed by atoms with Crippen LogP contribution in [0.25, 0.3) is 0 Å². The lowest BCUT2D eigenvalue weighted by Crippen LogP contribution is -1.74. The monoisotopic (exact) mass is 108 g/mol. The smallest absolute Gasteiger partial charge is 0.214 e. The molecule has 1 atom stereocenters. The minimum atomic E-state index is -4.36. The number of hydrogen-bond acceptors (Lipinski definition) is 3. The standard InChI is InChI=1S/CHFN2OS/c2-6(4,5)1-3/h4H. The highest BCUT2D eigenvalue weighted by molar-refractivity contribution is 7.92. The number of nitrogens with one attached hydrogen (secondary N) is 1. The van der Waals surface area contributed by atoms with Crippen LogP contribution in [0.1, 0.15) is 0 Å². The van der Waals surface area contributed by atoms with Gasteiger partial charge in [0.05, 0.1) is 0 Å². The van der Waals surface area contributed by atoms with Gasteiger partial charge in [0.15, 0.2) is 0 Å². The molecule has 0 heterocycles. The van der Waals surface area contributed by atoms with Gasteiger partial charge in [-0.25, -0.2) is 8.99 Å². The Kier molecular flexibility index (Phi) is 1.09. The van der Waals surface area contributed by atoms with E-state index in [2.05, 4.69) is 0 Å². The van der Waals surface area contributed by atoms with Gasteiger partial charge in [-0.3, -0.25) is 0 Å². The minimum absolute atomic E-state index is 0.632. The second-order valence-electron chi connectivity index (χ2n) is 0.577. The fourth-order valence-corrected chi connectivity index (χ4v) is 0. The topological polar surface area (TPSA) is 64.7 Å². The van der Waals surface area contributed by atoms with Crippen molar-refractivity contribution in [2.75, 3.05) is 0 Å². The summed E-state index contributed by atoms with van der Waals surface area (Å²) < 4.78 is 25.8. The largest absolute Gasteiger partial charge is 0.293 e. The Morgan fingerprint density at radius 2 is 2.17 bits per heavy atom. The summed E-state index contributed by atoms with van der Waals surface area (Å²) in [5.41, 5.74) is 0. The zero-order chi connectivity index (χ0) is 5.21. The number of thiocyanates is 1. The van der Waals surface area contributed by atoms with E-state index in [9.17, 15) is 8.09 Å². The summed E-state index contributed by atoms with van der Waals surface area (Å²) in [4.78, 5) is 0. The molecule has 0 aliphatic rings. The lowest BCUT2D eigenvalue weighted by atomic mass is 11.8. The summed E-state index contributed by atoms with van der Waals surface area (Å²) >= 11 is 0. The third-order valence-corrected chi connectivity index (χ3v) is 0.352. The van der Waals surface area contributed by atoms with Gasteiger partial charge in [0.25, 0.3) is 10.1 Å². The van der Waals surface area contributed by atoms with Gasteiger partial charge in [0.2, 0.25) is 5.40 Å². The Morgan fingerprint density at radius 1 is 2.00 bits per heavy atom. The number of nitrogens with zero attached hydrogens (tertiary/aromatic N) is 1. The Balaban J connectivity index is 4.41. The van der Waals surface area contributed by atoms with E-state index in [0.29, 0.717) is 5.40 Å². The van der Waals surface area contributed by atoms with Gasteiger partial charge in [-0.1, -0.05) is 0 Å². The lowest BCUT2D eigenvalue weighted by Gasteiger charge is -1.65. The lowest BCUT2D eigenvalue weighted by molar-refractivity contribution is 0.646. The highest BCUT2D eigenvalue weighted by Gasteiger charge is 1.91. The predicted octanol–water partition coefficient (Wildman–Crippen LogP) is 0.399. The SMILES string of the molecule is N#CS(=N)(=O)F. The van der Waals surface area contributed by atoms with Crippen molar-refractivity contribution in [3.63, 3.8) is 0 Å². The van der Waals surface area contributed by atoms with E-state index < -0.39 is 10.1 Å². The van der Waals surface area contributed by atoms with Crippen LogP contribution in [0, 0.1) is 15.4 Å². The molecule has 0 rings (SSSR count). The van der Waals surface area contributed by atoms with Crippen molar-refractivity contribution in [1.29, 1.82) is 10.0 Å². The van der Waals surface area contributed by atoms with Gasteiger partial charge in [0, 0.05) is 0 Å². The highest BCUT2D eigenvalue weighted by Crippen LogP contribution is 1.83. The average Bonchev–Trinajstić information content (AvgIpc) is 1.35. The maximum atomic E-state index is 11.0. The molecule has 0 fully saturated rings. The third-order valence-electron chi connectivity index (χ3n) is 0.117. The summed E-state index contributed by atoms with van der Waals surface area (Å²) in [6.07, 6.45) is 0. The number of halogens is 1. The fourth-order valence-electron chi connectivity index (χ4n) is 0. The van der Waals surface area contributed by atoms with Crippen LogP contribution in [-0.2, 0) is 10.1 Å². The van der Waals surface area contributed by atoms with Crippen LogP contribution in [0.5, 0.6) is 0 Å². The normalized spacial score (nSPS) is 18.0. The molecule has 0 saturated heterocycles. The number of rotatable bonds is 0. The average molecular weight is 108 g/mol. The molecule has 0 aliphatic heterocycles. The second kappa shape index (κ2) is 1.22. The van der Waals surface area contributed by atoms with Gasteiger partial charge < -0.3 is 0 Å². The van der Waals surface area contributed by atoms with Crippen LogP contribution >= 0.6 is 0 Å². The minimum Gasteiger partial charge on any atom is -0.214 e. The number of nitriles is 1. The molecule has 34 valence electrons.